The minimum atomic E-state index is 0.477. The molecule has 0 bridgehead atoms. The number of fused-ring (bicyclic) bond motifs is 1. The maximum Gasteiger partial charge on any atom is 0.0408 e. The lowest BCUT2D eigenvalue weighted by molar-refractivity contribution is 0.740. The summed E-state index contributed by atoms with van der Waals surface area (Å²) in [7, 11) is 0. The highest BCUT2D eigenvalue weighted by Crippen LogP contribution is 2.33. The smallest absolute Gasteiger partial charge is 0.0408 e. The van der Waals surface area contributed by atoms with Crippen LogP contribution in [-0.2, 0) is 6.42 Å². The first kappa shape index (κ1) is 12.7. The van der Waals surface area contributed by atoms with Crippen molar-refractivity contribution in [1.82, 2.24) is 0 Å². The molecule has 2 rings (SSSR count). The van der Waals surface area contributed by atoms with E-state index in [1.54, 1.807) is 5.57 Å². The summed E-state index contributed by atoms with van der Waals surface area (Å²) in [5, 5.41) is 0.843. The highest BCUT2D eigenvalue weighted by Gasteiger charge is 2.17. The number of hydrogen-bond acceptors (Lipinski definition) is 1. The van der Waals surface area contributed by atoms with E-state index in [4.69, 9.17) is 17.3 Å². The summed E-state index contributed by atoms with van der Waals surface area (Å²) in [6.45, 7) is 2.97. The minimum absolute atomic E-state index is 0.477. The zero-order valence-corrected chi connectivity index (χ0v) is 11.1. The molecule has 17 heavy (non-hydrogen) atoms. The molecular formula is C15H20ClN. The first-order valence-corrected chi connectivity index (χ1v) is 6.80. The Kier molecular flexibility index (Phi) is 4.25. The molecule has 2 N–H and O–H groups in total. The number of aryl methyl sites for hydroxylation is 1. The van der Waals surface area contributed by atoms with E-state index >= 15 is 0 Å². The van der Waals surface area contributed by atoms with Gasteiger partial charge in [0, 0.05) is 10.9 Å². The van der Waals surface area contributed by atoms with Gasteiger partial charge in [0.25, 0.3) is 0 Å². The molecule has 0 aromatic heterocycles. The normalized spacial score (nSPS) is 19.5. The van der Waals surface area contributed by atoms with Gasteiger partial charge >= 0.3 is 0 Å². The topological polar surface area (TPSA) is 26.0 Å². The van der Waals surface area contributed by atoms with Crippen LogP contribution >= 0.6 is 11.6 Å². The predicted molar refractivity (Wildman–Crippen MR) is 74.6 cm³/mol. The SMILES string of the molecule is CCC1=CC(CCN)c2ccc(Cl)cc2CC1. The van der Waals surface area contributed by atoms with Crippen molar-refractivity contribution in [3.8, 4) is 0 Å². The summed E-state index contributed by atoms with van der Waals surface area (Å²) in [5.74, 6) is 0.477. The van der Waals surface area contributed by atoms with Crippen molar-refractivity contribution in [3.05, 3.63) is 46.0 Å². The Morgan fingerprint density at radius 2 is 2.18 bits per heavy atom. The van der Waals surface area contributed by atoms with Gasteiger partial charge in [0.2, 0.25) is 0 Å². The Hall–Kier alpha value is -0.790. The molecule has 0 fully saturated rings. The van der Waals surface area contributed by atoms with Crippen LogP contribution < -0.4 is 5.73 Å². The molecule has 0 amide bonds. The third kappa shape index (κ3) is 2.91. The van der Waals surface area contributed by atoms with E-state index in [0.717, 1.165) is 37.3 Å². The average molecular weight is 250 g/mol. The van der Waals surface area contributed by atoms with E-state index in [-0.39, 0.29) is 0 Å². The van der Waals surface area contributed by atoms with Crippen LogP contribution in [0.2, 0.25) is 5.02 Å². The maximum atomic E-state index is 6.08. The van der Waals surface area contributed by atoms with Crippen LogP contribution in [0.1, 0.15) is 43.2 Å². The van der Waals surface area contributed by atoms with Gasteiger partial charge in [0.15, 0.2) is 0 Å². The molecule has 0 saturated heterocycles. The zero-order chi connectivity index (χ0) is 12.3. The number of halogens is 1. The van der Waals surface area contributed by atoms with Crippen LogP contribution in [-0.4, -0.2) is 6.54 Å². The molecule has 1 nitrogen and oxygen atoms in total. The van der Waals surface area contributed by atoms with E-state index in [0.29, 0.717) is 5.92 Å². The third-order valence-electron chi connectivity index (χ3n) is 3.59. The number of allylic oxidation sites excluding steroid dienone is 2. The molecule has 92 valence electrons. The standard InChI is InChI=1S/C15H20ClN/c1-2-11-3-4-12-10-14(16)5-6-15(12)13(9-11)7-8-17/h5-6,9-10,13H,2-4,7-8,17H2,1H3. The van der Waals surface area contributed by atoms with Crippen molar-refractivity contribution in [2.24, 2.45) is 5.73 Å². The molecule has 0 aliphatic heterocycles. The molecular weight excluding hydrogens is 230 g/mol. The second-order valence-corrected chi connectivity index (χ2v) is 5.14. The van der Waals surface area contributed by atoms with Gasteiger partial charge in [-0.1, -0.05) is 36.2 Å². The minimum Gasteiger partial charge on any atom is -0.330 e. The van der Waals surface area contributed by atoms with Crippen LogP contribution in [0.4, 0.5) is 0 Å². The molecule has 1 aromatic carbocycles. The Labute approximate surface area is 109 Å². The second-order valence-electron chi connectivity index (χ2n) is 4.71. The number of benzene rings is 1. The first-order valence-electron chi connectivity index (χ1n) is 6.42. The van der Waals surface area contributed by atoms with Crippen molar-refractivity contribution >= 4 is 11.6 Å². The molecule has 1 atom stereocenters. The van der Waals surface area contributed by atoms with E-state index in [1.165, 1.54) is 11.1 Å². The largest absolute Gasteiger partial charge is 0.330 e. The molecule has 1 aromatic rings. The van der Waals surface area contributed by atoms with Crippen LogP contribution in [0, 0.1) is 0 Å². The van der Waals surface area contributed by atoms with Gasteiger partial charge in [-0.2, -0.15) is 0 Å². The fraction of sp³-hybridized carbons (Fsp3) is 0.467. The second kappa shape index (κ2) is 5.70. The van der Waals surface area contributed by atoms with Gasteiger partial charge in [-0.15, -0.1) is 0 Å². The molecule has 0 spiro atoms. The van der Waals surface area contributed by atoms with E-state index in [9.17, 15) is 0 Å². The summed E-state index contributed by atoms with van der Waals surface area (Å²) >= 11 is 6.08. The summed E-state index contributed by atoms with van der Waals surface area (Å²) in [4.78, 5) is 0. The Balaban J connectivity index is 2.38. The van der Waals surface area contributed by atoms with Crippen LogP contribution in [0.25, 0.3) is 0 Å². The van der Waals surface area contributed by atoms with Gasteiger partial charge < -0.3 is 5.73 Å². The van der Waals surface area contributed by atoms with Crippen molar-refractivity contribution in [2.45, 2.75) is 38.5 Å². The molecule has 0 radical (unpaired) electrons. The lowest BCUT2D eigenvalue weighted by Gasteiger charge is -2.15. The summed E-state index contributed by atoms with van der Waals surface area (Å²) < 4.78 is 0. The molecule has 0 saturated carbocycles. The van der Waals surface area contributed by atoms with Crippen LogP contribution in [0.15, 0.2) is 29.8 Å². The molecule has 1 unspecified atom stereocenters. The lowest BCUT2D eigenvalue weighted by Crippen LogP contribution is -2.07. The average Bonchev–Trinajstić information content (AvgIpc) is 2.49. The fourth-order valence-electron chi connectivity index (χ4n) is 2.62. The highest BCUT2D eigenvalue weighted by atomic mass is 35.5. The molecule has 1 aliphatic rings. The molecule has 0 heterocycles. The maximum absolute atomic E-state index is 6.08. The number of nitrogens with two attached hydrogens (primary N) is 1. The highest BCUT2D eigenvalue weighted by molar-refractivity contribution is 6.30. The van der Waals surface area contributed by atoms with Gasteiger partial charge in [-0.3, -0.25) is 0 Å². The van der Waals surface area contributed by atoms with Gasteiger partial charge in [-0.05, 0) is 55.5 Å². The van der Waals surface area contributed by atoms with Gasteiger partial charge in [0.05, 0.1) is 0 Å². The van der Waals surface area contributed by atoms with E-state index in [2.05, 4.69) is 25.1 Å². The number of rotatable bonds is 3. The van der Waals surface area contributed by atoms with Crippen molar-refractivity contribution in [2.75, 3.05) is 6.54 Å². The van der Waals surface area contributed by atoms with Gasteiger partial charge in [-0.25, -0.2) is 0 Å². The van der Waals surface area contributed by atoms with Crippen LogP contribution in [0.5, 0.6) is 0 Å². The first-order chi connectivity index (χ1) is 8.24. The monoisotopic (exact) mass is 249 g/mol. The molecule has 1 aliphatic carbocycles. The molecule has 2 heteroatoms. The third-order valence-corrected chi connectivity index (χ3v) is 3.82. The van der Waals surface area contributed by atoms with Gasteiger partial charge in [0.1, 0.15) is 0 Å². The predicted octanol–water partition coefficient (Wildman–Crippen LogP) is 4.06. The van der Waals surface area contributed by atoms with E-state index in [1.807, 2.05) is 6.07 Å². The van der Waals surface area contributed by atoms with Crippen molar-refractivity contribution < 1.29 is 0 Å². The van der Waals surface area contributed by atoms with Crippen molar-refractivity contribution in [3.63, 3.8) is 0 Å². The fourth-order valence-corrected chi connectivity index (χ4v) is 2.81. The Morgan fingerprint density at radius 3 is 2.88 bits per heavy atom. The lowest BCUT2D eigenvalue weighted by atomic mass is 9.91. The number of hydrogen-bond donors (Lipinski definition) is 1. The Bertz CT molecular complexity index is 423. The van der Waals surface area contributed by atoms with E-state index < -0.39 is 0 Å². The van der Waals surface area contributed by atoms with Crippen LogP contribution in [0.3, 0.4) is 0 Å². The summed E-state index contributed by atoms with van der Waals surface area (Å²) in [5.41, 5.74) is 10.1. The Morgan fingerprint density at radius 1 is 1.35 bits per heavy atom. The summed E-state index contributed by atoms with van der Waals surface area (Å²) in [6, 6.07) is 6.29. The quantitative estimate of drug-likeness (QED) is 0.804. The van der Waals surface area contributed by atoms with Crippen molar-refractivity contribution in [1.29, 1.82) is 0 Å². The zero-order valence-electron chi connectivity index (χ0n) is 10.4. The summed E-state index contributed by atoms with van der Waals surface area (Å²) in [6.07, 6.45) is 6.86.